The van der Waals surface area contributed by atoms with Crippen LogP contribution in [-0.2, 0) is 10.0 Å². The summed E-state index contributed by atoms with van der Waals surface area (Å²) >= 11 is 0. The molecule has 0 aliphatic carbocycles. The van der Waals surface area contributed by atoms with Gasteiger partial charge in [-0.3, -0.25) is 4.79 Å². The van der Waals surface area contributed by atoms with E-state index in [-0.39, 0.29) is 16.8 Å². The van der Waals surface area contributed by atoms with Crippen molar-refractivity contribution in [2.75, 3.05) is 5.32 Å². The molecule has 3 rings (SSSR count). The highest BCUT2D eigenvalue weighted by atomic mass is 32.2. The van der Waals surface area contributed by atoms with Crippen LogP contribution in [0.1, 0.15) is 30.2 Å². The summed E-state index contributed by atoms with van der Waals surface area (Å²) in [6, 6.07) is 13.1. The quantitative estimate of drug-likeness (QED) is 0.699. The Hall–Kier alpha value is -3.04. The fraction of sp³-hybridized carbons (Fsp3) is 0.167. The third-order valence-electron chi connectivity index (χ3n) is 3.91. The van der Waals surface area contributed by atoms with Gasteiger partial charge in [0.05, 0.1) is 11.1 Å². The first-order valence-electron chi connectivity index (χ1n) is 8.21. The number of anilines is 1. The maximum Gasteiger partial charge on any atom is 0.256 e. The molecule has 8 nitrogen and oxygen atoms in total. The average Bonchev–Trinajstić information content (AvgIpc) is 3.10. The van der Waals surface area contributed by atoms with Gasteiger partial charge in [-0.15, -0.1) is 5.10 Å². The molecule has 3 N–H and O–H groups in total. The van der Waals surface area contributed by atoms with Crippen LogP contribution >= 0.6 is 0 Å². The third-order valence-corrected chi connectivity index (χ3v) is 4.88. The van der Waals surface area contributed by atoms with Gasteiger partial charge in [-0.2, -0.15) is 0 Å². The van der Waals surface area contributed by atoms with Crippen molar-refractivity contribution in [3.63, 3.8) is 0 Å². The van der Waals surface area contributed by atoms with E-state index in [1.54, 1.807) is 53.3 Å². The largest absolute Gasteiger partial charge is 0.304 e. The number of carbonyl (C=O) groups excluding carboxylic acids is 1. The Labute approximate surface area is 157 Å². The van der Waals surface area contributed by atoms with Crippen molar-refractivity contribution in [1.82, 2.24) is 15.0 Å². The van der Waals surface area contributed by atoms with Crippen LogP contribution in [0.3, 0.4) is 0 Å². The molecule has 0 atom stereocenters. The summed E-state index contributed by atoms with van der Waals surface area (Å²) < 4.78 is 25.3. The minimum absolute atomic E-state index is 0.00225. The first kappa shape index (κ1) is 18.7. The molecule has 0 fully saturated rings. The van der Waals surface area contributed by atoms with Crippen LogP contribution in [0.2, 0.25) is 0 Å². The Balaban J connectivity index is 1.91. The normalized spacial score (nSPS) is 11.6. The van der Waals surface area contributed by atoms with Gasteiger partial charge in [0.2, 0.25) is 10.0 Å². The smallest absolute Gasteiger partial charge is 0.256 e. The number of nitrogens with zero attached hydrogens (tertiary/aromatic N) is 3. The average molecular weight is 385 g/mol. The molecule has 2 aromatic carbocycles. The first-order chi connectivity index (χ1) is 12.8. The van der Waals surface area contributed by atoms with E-state index in [1.807, 2.05) is 13.8 Å². The van der Waals surface area contributed by atoms with Crippen LogP contribution in [0.5, 0.6) is 0 Å². The minimum Gasteiger partial charge on any atom is -0.304 e. The second-order valence-corrected chi connectivity index (χ2v) is 7.78. The highest BCUT2D eigenvalue weighted by Crippen LogP contribution is 2.27. The van der Waals surface area contributed by atoms with Gasteiger partial charge in [0.1, 0.15) is 0 Å². The molecule has 1 heterocycles. The summed E-state index contributed by atoms with van der Waals surface area (Å²) in [4.78, 5) is 12.5. The Morgan fingerprint density at radius 1 is 1.15 bits per heavy atom. The van der Waals surface area contributed by atoms with Crippen LogP contribution in [0, 0.1) is 0 Å². The summed E-state index contributed by atoms with van der Waals surface area (Å²) in [7, 11) is -3.89. The summed E-state index contributed by atoms with van der Waals surface area (Å²) in [6.45, 7) is 3.90. The van der Waals surface area contributed by atoms with Gasteiger partial charge in [-0.25, -0.2) is 18.2 Å². The molecule has 0 bridgehead atoms. The zero-order valence-electron chi connectivity index (χ0n) is 14.8. The maximum atomic E-state index is 12.5. The van der Waals surface area contributed by atoms with E-state index in [1.165, 1.54) is 6.07 Å². The second-order valence-electron chi connectivity index (χ2n) is 6.25. The van der Waals surface area contributed by atoms with Crippen molar-refractivity contribution in [2.45, 2.75) is 24.8 Å². The highest BCUT2D eigenvalue weighted by molar-refractivity contribution is 7.89. The molecule has 0 saturated carbocycles. The SMILES string of the molecule is CC(C)n1cc(NC(=O)c2cccc(-c3ccccc3S(N)(=O)=O)c2)nn1. The number of primary sulfonamides is 1. The van der Waals surface area contributed by atoms with Crippen molar-refractivity contribution in [3.8, 4) is 11.1 Å². The van der Waals surface area contributed by atoms with Gasteiger partial charge >= 0.3 is 0 Å². The number of benzene rings is 2. The topological polar surface area (TPSA) is 120 Å². The van der Waals surface area contributed by atoms with Gasteiger partial charge < -0.3 is 5.32 Å². The van der Waals surface area contributed by atoms with Gasteiger partial charge in [0, 0.05) is 17.2 Å². The monoisotopic (exact) mass is 385 g/mol. The molecule has 0 saturated heterocycles. The van der Waals surface area contributed by atoms with Gasteiger partial charge in [0.15, 0.2) is 5.82 Å². The third kappa shape index (κ3) is 4.21. The second kappa shape index (κ2) is 7.29. The lowest BCUT2D eigenvalue weighted by molar-refractivity contribution is 0.102. The fourth-order valence-electron chi connectivity index (χ4n) is 2.56. The summed E-state index contributed by atoms with van der Waals surface area (Å²) in [5.74, 6) is -0.0372. The molecule has 1 aromatic heterocycles. The Morgan fingerprint density at radius 3 is 2.56 bits per heavy atom. The molecule has 0 radical (unpaired) electrons. The molecular weight excluding hydrogens is 366 g/mol. The molecule has 3 aromatic rings. The number of hydrogen-bond donors (Lipinski definition) is 2. The molecule has 9 heteroatoms. The predicted molar refractivity (Wildman–Crippen MR) is 102 cm³/mol. The molecule has 0 aliphatic heterocycles. The molecule has 0 aliphatic rings. The van der Waals surface area contributed by atoms with E-state index in [4.69, 9.17) is 5.14 Å². The van der Waals surface area contributed by atoms with Crippen LogP contribution in [0.4, 0.5) is 5.82 Å². The fourth-order valence-corrected chi connectivity index (χ4v) is 3.32. The van der Waals surface area contributed by atoms with E-state index < -0.39 is 10.0 Å². The van der Waals surface area contributed by atoms with Crippen molar-refractivity contribution in [2.24, 2.45) is 5.14 Å². The highest BCUT2D eigenvalue weighted by Gasteiger charge is 2.16. The first-order valence-corrected chi connectivity index (χ1v) is 9.76. The van der Waals surface area contributed by atoms with Crippen LogP contribution in [-0.4, -0.2) is 29.3 Å². The van der Waals surface area contributed by atoms with Crippen molar-refractivity contribution in [1.29, 1.82) is 0 Å². The number of aromatic nitrogens is 3. The van der Waals surface area contributed by atoms with Crippen LogP contribution in [0.15, 0.2) is 59.6 Å². The number of nitrogens with two attached hydrogens (primary N) is 1. The molecule has 1 amide bonds. The van der Waals surface area contributed by atoms with E-state index in [2.05, 4.69) is 15.6 Å². The molecular formula is C18H19N5O3S. The number of sulfonamides is 1. The van der Waals surface area contributed by atoms with Crippen molar-refractivity contribution >= 4 is 21.7 Å². The summed E-state index contributed by atoms with van der Waals surface area (Å²) in [6.07, 6.45) is 1.64. The van der Waals surface area contributed by atoms with Crippen molar-refractivity contribution < 1.29 is 13.2 Å². The lowest BCUT2D eigenvalue weighted by Gasteiger charge is -2.09. The van der Waals surface area contributed by atoms with E-state index in [0.717, 1.165) is 0 Å². The number of rotatable bonds is 5. The van der Waals surface area contributed by atoms with Gasteiger partial charge in [-0.05, 0) is 37.6 Å². The summed E-state index contributed by atoms with van der Waals surface area (Å²) in [5.41, 5.74) is 1.36. The Morgan fingerprint density at radius 2 is 1.89 bits per heavy atom. The predicted octanol–water partition coefficient (Wildman–Crippen LogP) is 2.43. The van der Waals surface area contributed by atoms with Crippen molar-refractivity contribution in [3.05, 3.63) is 60.3 Å². The molecule has 27 heavy (non-hydrogen) atoms. The number of carbonyl (C=O) groups is 1. The number of hydrogen-bond acceptors (Lipinski definition) is 5. The number of nitrogens with one attached hydrogen (secondary N) is 1. The Bertz CT molecular complexity index is 1090. The standard InChI is InChI=1S/C18H19N5O3S/c1-12(2)23-11-17(21-22-23)20-18(24)14-7-5-6-13(10-14)15-8-3-4-9-16(15)27(19,25)26/h3-12H,1-2H3,(H,20,24)(H2,19,25,26). The van der Waals surface area contributed by atoms with E-state index in [9.17, 15) is 13.2 Å². The molecule has 0 spiro atoms. The number of amides is 1. The minimum atomic E-state index is -3.89. The van der Waals surface area contributed by atoms with E-state index >= 15 is 0 Å². The maximum absolute atomic E-state index is 12.5. The van der Waals surface area contributed by atoms with Crippen LogP contribution in [0.25, 0.3) is 11.1 Å². The summed E-state index contributed by atoms with van der Waals surface area (Å²) in [5, 5.41) is 15.8. The zero-order valence-corrected chi connectivity index (χ0v) is 15.6. The molecule has 140 valence electrons. The van der Waals surface area contributed by atoms with E-state index in [0.29, 0.717) is 22.5 Å². The zero-order chi connectivity index (χ0) is 19.6. The molecule has 0 unspecified atom stereocenters. The van der Waals surface area contributed by atoms with Crippen LogP contribution < -0.4 is 10.5 Å². The lowest BCUT2D eigenvalue weighted by Crippen LogP contribution is -2.14. The van der Waals surface area contributed by atoms with Gasteiger partial charge in [-0.1, -0.05) is 35.5 Å². The lowest BCUT2D eigenvalue weighted by atomic mass is 10.0. The Kier molecular flexibility index (Phi) is 5.06. The van der Waals surface area contributed by atoms with Gasteiger partial charge in [0.25, 0.3) is 5.91 Å².